The van der Waals surface area contributed by atoms with Crippen LogP contribution in [0, 0.1) is 0 Å². The quantitative estimate of drug-likeness (QED) is 0.120. The molecule has 0 atom stereocenters. The van der Waals surface area contributed by atoms with Crippen molar-refractivity contribution >= 4 is 55.0 Å². The fourth-order valence-electron chi connectivity index (χ4n) is 3.52. The molecule has 0 bridgehead atoms. The van der Waals surface area contributed by atoms with Crippen molar-refractivity contribution < 1.29 is 43.0 Å². The van der Waals surface area contributed by atoms with Crippen LogP contribution in [-0.2, 0) is 43.0 Å². The van der Waals surface area contributed by atoms with Crippen LogP contribution in [0.4, 0.5) is 0 Å². The lowest BCUT2D eigenvalue weighted by molar-refractivity contribution is -0.130. The van der Waals surface area contributed by atoms with Crippen molar-refractivity contribution in [3.8, 4) is 22.8 Å². The predicted molar refractivity (Wildman–Crippen MR) is 148 cm³/mol. The van der Waals surface area contributed by atoms with Gasteiger partial charge in [-0.3, -0.25) is 38.7 Å². The van der Waals surface area contributed by atoms with E-state index in [4.69, 9.17) is 14.2 Å². The Morgan fingerprint density at radius 3 is 1.21 bits per heavy atom. The summed E-state index contributed by atoms with van der Waals surface area (Å²) in [5.41, 5.74) is 2.63. The summed E-state index contributed by atoms with van der Waals surface area (Å²) < 4.78 is 14.3. The van der Waals surface area contributed by atoms with Crippen LogP contribution in [0.15, 0.2) is 66.1 Å². The number of hydrogen-bond donors (Lipinski definition) is 0. The van der Waals surface area contributed by atoms with Gasteiger partial charge in [-0.25, -0.2) is 4.98 Å². The average molecular weight is 570 g/mol. The number of rotatable bonds is 14. The first-order valence-corrected chi connectivity index (χ1v) is 12.1. The number of ketones is 3. The van der Waals surface area contributed by atoms with Gasteiger partial charge in [0.2, 0.25) is 0 Å². The van der Waals surface area contributed by atoms with Gasteiger partial charge < -0.3 is 14.2 Å². The molecule has 42 heavy (non-hydrogen) atoms. The Bertz CT molecular complexity index is 1560. The van der Waals surface area contributed by atoms with E-state index >= 15 is 0 Å². The smallest absolute Gasteiger partial charge is 0.298 e. The Balaban J connectivity index is 2.22. The summed E-state index contributed by atoms with van der Waals surface area (Å²) in [6.45, 7) is 4.15. The molecule has 0 unspecified atom stereocenters. The lowest BCUT2D eigenvalue weighted by Gasteiger charge is -2.09. The molecule has 0 N–H and O–H groups in total. The molecule has 212 valence electrons. The maximum absolute atomic E-state index is 12.0. The van der Waals surface area contributed by atoms with E-state index in [0.717, 1.165) is 0 Å². The highest BCUT2D eigenvalue weighted by atomic mass is 16.5. The molecular weight excluding hydrogens is 546 g/mol. The first-order valence-electron chi connectivity index (χ1n) is 12.1. The topological polar surface area (TPSA) is 169 Å². The minimum Gasteiger partial charge on any atom is -0.425 e. The molecule has 0 radical (unpaired) electrons. The molecule has 0 saturated carbocycles. The van der Waals surface area contributed by atoms with Crippen LogP contribution in [0.1, 0.15) is 37.5 Å². The zero-order valence-corrected chi connectivity index (χ0v) is 22.6. The lowest BCUT2D eigenvalue weighted by Crippen LogP contribution is -2.02. The Kier molecular flexibility index (Phi) is 10.6. The molecule has 0 aliphatic rings. The molecular formula is C30H23N3O9. The summed E-state index contributed by atoms with van der Waals surface area (Å²) in [5, 5.41) is 0. The van der Waals surface area contributed by atoms with Crippen molar-refractivity contribution in [3.05, 3.63) is 82.8 Å². The van der Waals surface area contributed by atoms with Gasteiger partial charge in [0.15, 0.2) is 34.6 Å². The van der Waals surface area contributed by atoms with Crippen LogP contribution >= 0.6 is 0 Å². The van der Waals surface area contributed by atoms with E-state index in [2.05, 4.69) is 15.0 Å². The largest absolute Gasteiger partial charge is 0.425 e. The highest BCUT2D eigenvalue weighted by molar-refractivity contribution is 5.98. The monoisotopic (exact) mass is 569 g/mol. The molecule has 3 rings (SSSR count). The Morgan fingerprint density at radius 2 is 0.881 bits per heavy atom. The molecule has 3 aromatic heterocycles. The van der Waals surface area contributed by atoms with E-state index < -0.39 is 17.3 Å². The maximum atomic E-state index is 12.0. The number of hydrogen-bond acceptors (Lipinski definition) is 12. The summed E-state index contributed by atoms with van der Waals surface area (Å²) in [5.74, 6) is -2.02. The van der Waals surface area contributed by atoms with Gasteiger partial charge in [-0.1, -0.05) is 0 Å². The standard InChI is InChI=1S/C30H23N3O9/c1-18(37)28(40-15-34)12-21-4-6-31-24(8-21)26-10-23(14-30(20(3)39)42-17-36)11-27(33-26)25-9-22(5-7-32-25)13-29(19(2)38)41-16-35/h4-17H,1-3H3/b28-12+,29-13+,30-14+. The van der Waals surface area contributed by atoms with Crippen molar-refractivity contribution in [2.24, 2.45) is 0 Å². The zero-order valence-electron chi connectivity index (χ0n) is 22.6. The number of Topliss-reactive ketones (excluding diaryl/α,β-unsaturated/α-hetero) is 3. The van der Waals surface area contributed by atoms with Gasteiger partial charge in [0.25, 0.3) is 19.4 Å². The highest BCUT2D eigenvalue weighted by Gasteiger charge is 2.14. The van der Waals surface area contributed by atoms with E-state index in [1.807, 2.05) is 0 Å². The third kappa shape index (κ3) is 8.29. The Hall–Kier alpha value is -5.91. The normalized spacial score (nSPS) is 11.7. The third-order valence-electron chi connectivity index (χ3n) is 5.40. The number of carbonyl (C=O) groups is 6. The average Bonchev–Trinajstić information content (AvgIpc) is 2.96. The summed E-state index contributed by atoms with van der Waals surface area (Å²) in [6.07, 6.45) is 6.99. The van der Waals surface area contributed by atoms with Gasteiger partial charge >= 0.3 is 0 Å². The molecule has 0 aliphatic carbocycles. The van der Waals surface area contributed by atoms with Gasteiger partial charge in [0, 0.05) is 33.2 Å². The summed E-state index contributed by atoms with van der Waals surface area (Å²) in [4.78, 5) is 81.6. The molecule has 12 heteroatoms. The first-order chi connectivity index (χ1) is 20.1. The van der Waals surface area contributed by atoms with Crippen LogP contribution in [0.25, 0.3) is 41.0 Å². The molecule has 0 fully saturated rings. The van der Waals surface area contributed by atoms with Gasteiger partial charge in [0.05, 0.1) is 22.8 Å². The van der Waals surface area contributed by atoms with Gasteiger partial charge in [-0.05, 0) is 71.3 Å². The minimum atomic E-state index is -0.503. The zero-order chi connectivity index (χ0) is 30.6. The van der Waals surface area contributed by atoms with E-state index in [-0.39, 0.29) is 36.7 Å². The van der Waals surface area contributed by atoms with Gasteiger partial charge in [-0.2, -0.15) is 0 Å². The number of nitrogens with zero attached hydrogens (tertiary/aromatic N) is 3. The fraction of sp³-hybridized carbons (Fsp3) is 0.100. The van der Waals surface area contributed by atoms with Gasteiger partial charge in [-0.15, -0.1) is 0 Å². The maximum Gasteiger partial charge on any atom is 0.298 e. The summed E-state index contributed by atoms with van der Waals surface area (Å²) in [6, 6.07) is 9.52. The fourth-order valence-corrected chi connectivity index (χ4v) is 3.52. The molecule has 3 aromatic rings. The van der Waals surface area contributed by atoms with Crippen molar-refractivity contribution in [3.63, 3.8) is 0 Å². The molecule has 0 saturated heterocycles. The second-order valence-electron chi connectivity index (χ2n) is 8.46. The number of allylic oxidation sites excluding steroid dienone is 3. The second-order valence-corrected chi connectivity index (χ2v) is 8.46. The van der Waals surface area contributed by atoms with E-state index in [0.29, 0.717) is 39.5 Å². The molecule has 0 aliphatic heterocycles. The van der Waals surface area contributed by atoms with Crippen LogP contribution in [-0.4, -0.2) is 51.7 Å². The predicted octanol–water partition coefficient (Wildman–Crippen LogP) is 3.51. The third-order valence-corrected chi connectivity index (χ3v) is 5.40. The van der Waals surface area contributed by atoms with Crippen LogP contribution in [0.5, 0.6) is 0 Å². The van der Waals surface area contributed by atoms with E-state index in [1.54, 1.807) is 36.4 Å². The van der Waals surface area contributed by atoms with Crippen molar-refractivity contribution in [2.75, 3.05) is 0 Å². The van der Waals surface area contributed by atoms with E-state index in [1.165, 1.54) is 51.4 Å². The van der Waals surface area contributed by atoms with E-state index in [9.17, 15) is 28.8 Å². The highest BCUT2D eigenvalue weighted by Crippen LogP contribution is 2.26. The summed E-state index contributed by atoms with van der Waals surface area (Å²) >= 11 is 0. The van der Waals surface area contributed by atoms with Crippen LogP contribution < -0.4 is 0 Å². The number of carbonyl (C=O) groups excluding carboxylic acids is 6. The second kappa shape index (κ2) is 14.5. The van der Waals surface area contributed by atoms with Crippen LogP contribution in [0.3, 0.4) is 0 Å². The SMILES string of the molecule is CC(=O)/C(=C\c1ccnc(-c2cc(/C=C(/OC=O)C(C)=O)cc(-c3cc(/C=C(/OC=O)C(C)=O)ccn3)n2)c1)OC=O. The first kappa shape index (κ1) is 30.6. The van der Waals surface area contributed by atoms with Crippen molar-refractivity contribution in [1.82, 2.24) is 15.0 Å². The van der Waals surface area contributed by atoms with Gasteiger partial charge in [0.1, 0.15) is 0 Å². The number of pyridine rings is 3. The number of aromatic nitrogens is 3. The van der Waals surface area contributed by atoms with Crippen molar-refractivity contribution in [1.29, 1.82) is 0 Å². The Labute approximate surface area is 239 Å². The summed E-state index contributed by atoms with van der Waals surface area (Å²) in [7, 11) is 0. The Morgan fingerprint density at radius 1 is 0.548 bits per heavy atom. The molecule has 12 nitrogen and oxygen atoms in total. The molecule has 0 amide bonds. The van der Waals surface area contributed by atoms with Crippen LogP contribution in [0.2, 0.25) is 0 Å². The molecule has 3 heterocycles. The lowest BCUT2D eigenvalue weighted by atomic mass is 10.1. The molecule has 0 spiro atoms. The minimum absolute atomic E-state index is 0.132. The van der Waals surface area contributed by atoms with Crippen molar-refractivity contribution in [2.45, 2.75) is 20.8 Å². The number of ether oxygens (including phenoxy) is 3. The molecule has 0 aromatic carbocycles.